The van der Waals surface area contributed by atoms with Crippen molar-refractivity contribution in [1.29, 1.82) is 0 Å². The van der Waals surface area contributed by atoms with E-state index in [9.17, 15) is 14.0 Å². The summed E-state index contributed by atoms with van der Waals surface area (Å²) in [6.45, 7) is 0. The number of fused-ring (bicyclic) bond motifs is 1. The number of hydrogen-bond acceptors (Lipinski definition) is 4. The summed E-state index contributed by atoms with van der Waals surface area (Å²) in [4.78, 5) is 24.0. The second-order valence-corrected chi connectivity index (χ2v) is 5.56. The number of benzene rings is 1. The smallest absolute Gasteiger partial charge is 0.200 e. The molecule has 7 heteroatoms. The van der Waals surface area contributed by atoms with E-state index in [0.717, 1.165) is 6.07 Å². The third kappa shape index (κ3) is 2.66. The van der Waals surface area contributed by atoms with E-state index in [1.165, 1.54) is 28.0 Å². The zero-order valence-electron chi connectivity index (χ0n) is 9.81. The molecule has 0 saturated carbocycles. The van der Waals surface area contributed by atoms with Gasteiger partial charge in [-0.25, -0.2) is 4.39 Å². The Labute approximate surface area is 123 Å². The van der Waals surface area contributed by atoms with Crippen molar-refractivity contribution in [2.24, 2.45) is 0 Å². The molecule has 0 aliphatic carbocycles. The molecule has 0 unspecified atom stereocenters. The van der Waals surface area contributed by atoms with Crippen LogP contribution < -0.4 is 5.43 Å². The third-order valence-electron chi connectivity index (χ3n) is 2.60. The van der Waals surface area contributed by atoms with Gasteiger partial charge < -0.3 is 0 Å². The van der Waals surface area contributed by atoms with Crippen molar-refractivity contribution in [1.82, 2.24) is 3.97 Å². The van der Waals surface area contributed by atoms with Gasteiger partial charge in [-0.05, 0) is 18.4 Å². The average molecular weight is 318 g/mol. The lowest BCUT2D eigenvalue weighted by atomic mass is 10.1. The van der Waals surface area contributed by atoms with Crippen molar-refractivity contribution < 1.29 is 9.18 Å². The molecule has 0 aliphatic rings. The summed E-state index contributed by atoms with van der Waals surface area (Å²) in [6, 6.07) is 2.34. The van der Waals surface area contributed by atoms with Crippen LogP contribution in [0.25, 0.3) is 10.9 Å². The third-order valence-corrected chi connectivity index (χ3v) is 3.77. The number of thioether (sulfide) groups is 1. The second kappa shape index (κ2) is 5.56. The van der Waals surface area contributed by atoms with E-state index in [1.54, 1.807) is 6.26 Å². The largest absolute Gasteiger partial charge is 0.293 e. The van der Waals surface area contributed by atoms with Crippen LogP contribution in [0.5, 0.6) is 0 Å². The number of Topliss-reactive ketones (excluding diaryl/α,β-unsaturated/α-hetero) is 1. The molecule has 0 amide bonds. The van der Waals surface area contributed by atoms with Crippen LogP contribution in [-0.2, 0) is 0 Å². The first-order chi connectivity index (χ1) is 8.95. The number of rotatable bonds is 3. The van der Waals surface area contributed by atoms with Crippen LogP contribution in [0.1, 0.15) is 10.4 Å². The lowest BCUT2D eigenvalue weighted by molar-refractivity contribution is 0.102. The van der Waals surface area contributed by atoms with E-state index in [2.05, 4.69) is 12.8 Å². The van der Waals surface area contributed by atoms with Crippen molar-refractivity contribution in [3.05, 3.63) is 45.0 Å². The number of carbonyl (C=O) groups excluding carboxylic acids is 1. The topological polar surface area (TPSA) is 39.1 Å². The summed E-state index contributed by atoms with van der Waals surface area (Å²) < 4.78 is 14.7. The number of halogens is 2. The van der Waals surface area contributed by atoms with Gasteiger partial charge in [0.05, 0.1) is 27.2 Å². The highest BCUT2D eigenvalue weighted by Gasteiger charge is 2.16. The van der Waals surface area contributed by atoms with Gasteiger partial charge in [0.1, 0.15) is 5.82 Å². The number of hydrogen-bond donors (Lipinski definition) is 1. The highest BCUT2D eigenvalue weighted by molar-refractivity contribution is 7.99. The maximum absolute atomic E-state index is 13.4. The Bertz CT molecular complexity index is 730. The predicted molar refractivity (Wildman–Crippen MR) is 80.3 cm³/mol. The lowest BCUT2D eigenvalue weighted by Crippen LogP contribution is -2.18. The molecule has 2 rings (SSSR count). The molecular formula is C12H9ClFNO2S2. The highest BCUT2D eigenvalue weighted by Crippen LogP contribution is 2.22. The van der Waals surface area contributed by atoms with E-state index >= 15 is 0 Å². The van der Waals surface area contributed by atoms with Gasteiger partial charge in [-0.15, -0.1) is 0 Å². The number of nitrogens with zero attached hydrogens (tertiary/aromatic N) is 1. The molecule has 1 heterocycles. The first-order valence-corrected chi connectivity index (χ1v) is 7.38. The summed E-state index contributed by atoms with van der Waals surface area (Å²) in [6.07, 6.45) is 3.10. The highest BCUT2D eigenvalue weighted by atomic mass is 35.5. The van der Waals surface area contributed by atoms with Crippen LogP contribution in [0.3, 0.4) is 0 Å². The summed E-state index contributed by atoms with van der Waals surface area (Å²) in [5, 5.41) is -0.0123. The summed E-state index contributed by atoms with van der Waals surface area (Å²) >= 11 is 11.1. The molecule has 1 aromatic carbocycles. The van der Waals surface area contributed by atoms with Crippen LogP contribution in [0, 0.1) is 5.82 Å². The minimum Gasteiger partial charge on any atom is -0.293 e. The maximum atomic E-state index is 13.4. The number of carbonyl (C=O) groups is 1. The first kappa shape index (κ1) is 14.4. The average Bonchev–Trinajstić information content (AvgIpc) is 2.36. The standard InChI is InChI=1S/C12H9ClFNO2S2/c1-19-5-11(16)7-4-15(18)10-3-8(13)9(14)2-6(10)12(7)17/h2-4,18H,5H2,1H3. The van der Waals surface area contributed by atoms with E-state index in [4.69, 9.17) is 11.6 Å². The normalized spacial score (nSPS) is 10.9. The molecule has 0 radical (unpaired) electrons. The first-order valence-electron chi connectivity index (χ1n) is 5.21. The van der Waals surface area contributed by atoms with E-state index in [1.807, 2.05) is 0 Å². The Morgan fingerprint density at radius 1 is 1.53 bits per heavy atom. The van der Waals surface area contributed by atoms with Gasteiger partial charge in [0.25, 0.3) is 0 Å². The quantitative estimate of drug-likeness (QED) is 0.698. The molecule has 0 aliphatic heterocycles. The van der Waals surface area contributed by atoms with Crippen LogP contribution in [0.15, 0.2) is 23.1 Å². The van der Waals surface area contributed by atoms with E-state index in [-0.39, 0.29) is 27.5 Å². The van der Waals surface area contributed by atoms with Crippen molar-refractivity contribution in [2.45, 2.75) is 0 Å². The number of aromatic nitrogens is 1. The minimum absolute atomic E-state index is 0.00132. The van der Waals surface area contributed by atoms with Gasteiger partial charge in [-0.1, -0.05) is 24.4 Å². The van der Waals surface area contributed by atoms with Crippen molar-refractivity contribution in [2.75, 3.05) is 12.0 Å². The summed E-state index contributed by atoms with van der Waals surface area (Å²) in [5.41, 5.74) is -0.145. The molecule has 1 aromatic heterocycles. The zero-order valence-corrected chi connectivity index (χ0v) is 12.3. The summed E-state index contributed by atoms with van der Waals surface area (Å²) in [5.74, 6) is -0.823. The molecule has 0 spiro atoms. The minimum atomic E-state index is -0.700. The molecular weight excluding hydrogens is 309 g/mol. The number of ketones is 1. The van der Waals surface area contributed by atoms with Gasteiger partial charge in [0.15, 0.2) is 11.2 Å². The van der Waals surface area contributed by atoms with Crippen LogP contribution in [0.2, 0.25) is 5.02 Å². The van der Waals surface area contributed by atoms with Gasteiger partial charge in [-0.3, -0.25) is 13.6 Å². The Morgan fingerprint density at radius 3 is 2.84 bits per heavy atom. The van der Waals surface area contributed by atoms with Crippen molar-refractivity contribution in [3.63, 3.8) is 0 Å². The van der Waals surface area contributed by atoms with Gasteiger partial charge in [-0.2, -0.15) is 11.8 Å². The Morgan fingerprint density at radius 2 is 2.21 bits per heavy atom. The Hall–Kier alpha value is -0.980. The fraction of sp³-hybridized carbons (Fsp3) is 0.167. The monoisotopic (exact) mass is 317 g/mol. The molecule has 0 fully saturated rings. The van der Waals surface area contributed by atoms with Crippen LogP contribution in [-0.4, -0.2) is 21.8 Å². The molecule has 0 bridgehead atoms. The molecule has 0 atom stereocenters. The van der Waals surface area contributed by atoms with E-state index in [0.29, 0.717) is 5.52 Å². The Kier molecular flexibility index (Phi) is 4.23. The van der Waals surface area contributed by atoms with Gasteiger partial charge in [0, 0.05) is 6.20 Å². The fourth-order valence-corrected chi connectivity index (χ4v) is 2.57. The van der Waals surface area contributed by atoms with Gasteiger partial charge in [0.2, 0.25) is 0 Å². The zero-order chi connectivity index (χ0) is 14.2. The lowest BCUT2D eigenvalue weighted by Gasteiger charge is -2.08. The van der Waals surface area contributed by atoms with Crippen molar-refractivity contribution >= 4 is 52.9 Å². The van der Waals surface area contributed by atoms with E-state index < -0.39 is 11.2 Å². The molecule has 100 valence electrons. The molecule has 2 aromatic rings. The maximum Gasteiger partial charge on any atom is 0.200 e. The molecule has 19 heavy (non-hydrogen) atoms. The molecule has 0 saturated heterocycles. The van der Waals surface area contributed by atoms with Crippen molar-refractivity contribution in [3.8, 4) is 0 Å². The van der Waals surface area contributed by atoms with Gasteiger partial charge >= 0.3 is 0 Å². The molecule has 0 N–H and O–H groups in total. The Balaban J connectivity index is 2.78. The number of pyridine rings is 1. The SMILES string of the molecule is CSCC(=O)c1cn(S)c2cc(Cl)c(F)cc2c1=O. The summed E-state index contributed by atoms with van der Waals surface area (Å²) in [7, 11) is 0. The second-order valence-electron chi connectivity index (χ2n) is 3.86. The molecule has 3 nitrogen and oxygen atoms in total. The van der Waals surface area contributed by atoms with Crippen LogP contribution >= 0.6 is 36.2 Å². The fourth-order valence-electron chi connectivity index (χ4n) is 1.71. The number of thiol groups is 1. The van der Waals surface area contributed by atoms with Crippen LogP contribution in [0.4, 0.5) is 4.39 Å². The predicted octanol–water partition coefficient (Wildman–Crippen LogP) is 3.03.